The van der Waals surface area contributed by atoms with E-state index in [0.29, 0.717) is 0 Å². The lowest BCUT2D eigenvalue weighted by Gasteiger charge is -2.21. The number of anilines is 1. The first-order valence-electron chi connectivity index (χ1n) is 9.78. The summed E-state index contributed by atoms with van der Waals surface area (Å²) in [7, 11) is 0. The fourth-order valence-electron chi connectivity index (χ4n) is 3.48. The van der Waals surface area contributed by atoms with Crippen LogP contribution in [0.1, 0.15) is 29.3 Å². The standard InChI is InChI=1S/C25H23BrN2O/c1-18-24(25(29-28-18)21-13-15-22(26)16-14-21)27-23(20-10-6-3-7-11-20)17-12-19-8-4-2-5-9-19/h2-11,13-16,23,27H,12,17H2,1H3. The van der Waals surface area contributed by atoms with Crippen LogP contribution in [0.15, 0.2) is 93.9 Å². The molecule has 0 bridgehead atoms. The predicted octanol–water partition coefficient (Wildman–Crippen LogP) is 7.20. The molecule has 4 aromatic rings. The summed E-state index contributed by atoms with van der Waals surface area (Å²) in [5.74, 6) is 0.774. The van der Waals surface area contributed by atoms with E-state index in [1.54, 1.807) is 0 Å². The van der Waals surface area contributed by atoms with Gasteiger partial charge in [0.15, 0.2) is 5.76 Å². The van der Waals surface area contributed by atoms with Crippen molar-refractivity contribution in [3.05, 3.63) is 106 Å². The van der Waals surface area contributed by atoms with Gasteiger partial charge >= 0.3 is 0 Å². The molecule has 0 radical (unpaired) electrons. The molecule has 3 aromatic carbocycles. The van der Waals surface area contributed by atoms with Gasteiger partial charge in [-0.05, 0) is 55.2 Å². The van der Waals surface area contributed by atoms with Gasteiger partial charge in [0.2, 0.25) is 0 Å². The van der Waals surface area contributed by atoms with Crippen LogP contribution in [0.3, 0.4) is 0 Å². The van der Waals surface area contributed by atoms with E-state index >= 15 is 0 Å². The first-order valence-corrected chi connectivity index (χ1v) is 10.6. The van der Waals surface area contributed by atoms with Gasteiger partial charge in [0, 0.05) is 10.0 Å². The van der Waals surface area contributed by atoms with Gasteiger partial charge in [0.05, 0.1) is 6.04 Å². The van der Waals surface area contributed by atoms with Crippen LogP contribution in [0.25, 0.3) is 11.3 Å². The molecule has 29 heavy (non-hydrogen) atoms. The second kappa shape index (κ2) is 9.10. The van der Waals surface area contributed by atoms with Crippen LogP contribution in [0.2, 0.25) is 0 Å². The fourth-order valence-corrected chi connectivity index (χ4v) is 3.74. The highest BCUT2D eigenvalue weighted by Gasteiger charge is 2.20. The number of halogens is 1. The van der Waals surface area contributed by atoms with Crippen molar-refractivity contribution in [2.75, 3.05) is 5.32 Å². The Labute approximate surface area is 179 Å². The van der Waals surface area contributed by atoms with Crippen molar-refractivity contribution in [2.24, 2.45) is 0 Å². The Hall–Kier alpha value is -2.85. The molecular formula is C25H23BrN2O. The van der Waals surface area contributed by atoms with Crippen molar-refractivity contribution in [1.29, 1.82) is 0 Å². The third kappa shape index (κ3) is 4.77. The van der Waals surface area contributed by atoms with E-state index < -0.39 is 0 Å². The molecule has 1 unspecified atom stereocenters. The van der Waals surface area contributed by atoms with Crippen LogP contribution in [0, 0.1) is 6.92 Å². The molecule has 0 aliphatic rings. The molecule has 1 N–H and O–H groups in total. The molecule has 0 aliphatic heterocycles. The molecule has 0 saturated carbocycles. The monoisotopic (exact) mass is 446 g/mol. The van der Waals surface area contributed by atoms with E-state index in [2.05, 4.69) is 87.1 Å². The Morgan fingerprint density at radius 3 is 2.24 bits per heavy atom. The molecule has 0 saturated heterocycles. The van der Waals surface area contributed by atoms with Crippen LogP contribution in [0.5, 0.6) is 0 Å². The lowest BCUT2D eigenvalue weighted by molar-refractivity contribution is 0.427. The molecule has 4 rings (SSSR count). The summed E-state index contributed by atoms with van der Waals surface area (Å²) in [6, 6.07) is 29.4. The Morgan fingerprint density at radius 2 is 1.55 bits per heavy atom. The zero-order valence-electron chi connectivity index (χ0n) is 16.3. The van der Waals surface area contributed by atoms with Crippen LogP contribution >= 0.6 is 15.9 Å². The normalized spacial score (nSPS) is 11.9. The first kappa shape index (κ1) is 19.5. The van der Waals surface area contributed by atoms with Gasteiger partial charge in [0.25, 0.3) is 0 Å². The van der Waals surface area contributed by atoms with E-state index in [1.165, 1.54) is 11.1 Å². The lowest BCUT2D eigenvalue weighted by atomic mass is 9.98. The fraction of sp³-hybridized carbons (Fsp3) is 0.160. The molecule has 0 amide bonds. The molecule has 4 heteroatoms. The van der Waals surface area contributed by atoms with Crippen LogP contribution in [0.4, 0.5) is 5.69 Å². The molecule has 1 aromatic heterocycles. The van der Waals surface area contributed by atoms with Crippen molar-refractivity contribution in [1.82, 2.24) is 5.16 Å². The van der Waals surface area contributed by atoms with Crippen LogP contribution in [-0.2, 0) is 6.42 Å². The molecule has 146 valence electrons. The molecule has 1 atom stereocenters. The van der Waals surface area contributed by atoms with E-state index in [-0.39, 0.29) is 6.04 Å². The van der Waals surface area contributed by atoms with E-state index in [9.17, 15) is 0 Å². The summed E-state index contributed by atoms with van der Waals surface area (Å²) in [6.45, 7) is 1.98. The van der Waals surface area contributed by atoms with Gasteiger partial charge in [-0.1, -0.05) is 81.8 Å². The number of hydrogen-bond acceptors (Lipinski definition) is 3. The maximum Gasteiger partial charge on any atom is 0.190 e. The Bertz CT molecular complexity index is 1040. The Morgan fingerprint density at radius 1 is 0.897 bits per heavy atom. The minimum absolute atomic E-state index is 0.156. The second-order valence-corrected chi connectivity index (χ2v) is 8.03. The van der Waals surface area contributed by atoms with Gasteiger partial charge in [-0.15, -0.1) is 0 Å². The number of benzene rings is 3. The third-order valence-corrected chi connectivity index (χ3v) is 5.58. The quantitative estimate of drug-likeness (QED) is 0.326. The molecule has 0 fully saturated rings. The van der Waals surface area contributed by atoms with E-state index in [1.807, 2.05) is 31.2 Å². The number of nitrogens with zero attached hydrogens (tertiary/aromatic N) is 1. The van der Waals surface area contributed by atoms with Crippen molar-refractivity contribution >= 4 is 21.6 Å². The lowest BCUT2D eigenvalue weighted by Crippen LogP contribution is -2.13. The number of aromatic nitrogens is 1. The molecular weight excluding hydrogens is 424 g/mol. The first-order chi connectivity index (χ1) is 14.2. The van der Waals surface area contributed by atoms with Crippen molar-refractivity contribution in [3.8, 4) is 11.3 Å². The van der Waals surface area contributed by atoms with E-state index in [4.69, 9.17) is 4.52 Å². The van der Waals surface area contributed by atoms with Crippen molar-refractivity contribution in [2.45, 2.75) is 25.8 Å². The summed E-state index contributed by atoms with van der Waals surface area (Å²) in [5.41, 5.74) is 5.42. The molecule has 0 aliphatic carbocycles. The highest BCUT2D eigenvalue weighted by atomic mass is 79.9. The SMILES string of the molecule is Cc1noc(-c2ccc(Br)cc2)c1NC(CCc1ccccc1)c1ccccc1. The Kier molecular flexibility index (Phi) is 6.11. The smallest absolute Gasteiger partial charge is 0.190 e. The summed E-state index contributed by atoms with van der Waals surface area (Å²) in [4.78, 5) is 0. The maximum absolute atomic E-state index is 5.69. The summed E-state index contributed by atoms with van der Waals surface area (Å²) >= 11 is 3.49. The zero-order valence-corrected chi connectivity index (χ0v) is 17.9. The summed E-state index contributed by atoms with van der Waals surface area (Å²) in [5, 5.41) is 7.96. The van der Waals surface area contributed by atoms with Gasteiger partial charge < -0.3 is 9.84 Å². The van der Waals surface area contributed by atoms with Crippen LogP contribution in [-0.4, -0.2) is 5.16 Å². The van der Waals surface area contributed by atoms with Crippen molar-refractivity contribution in [3.63, 3.8) is 0 Å². The van der Waals surface area contributed by atoms with Gasteiger partial charge in [-0.25, -0.2) is 0 Å². The average molecular weight is 447 g/mol. The maximum atomic E-state index is 5.69. The van der Waals surface area contributed by atoms with E-state index in [0.717, 1.165) is 40.0 Å². The predicted molar refractivity (Wildman–Crippen MR) is 122 cm³/mol. The van der Waals surface area contributed by atoms with Crippen molar-refractivity contribution < 1.29 is 4.52 Å². The average Bonchev–Trinajstić information content (AvgIpc) is 3.13. The number of nitrogens with one attached hydrogen (secondary N) is 1. The minimum atomic E-state index is 0.156. The molecule has 0 spiro atoms. The summed E-state index contributed by atoms with van der Waals surface area (Å²) in [6.07, 6.45) is 1.96. The zero-order chi connectivity index (χ0) is 20.1. The number of hydrogen-bond donors (Lipinski definition) is 1. The Balaban J connectivity index is 1.62. The second-order valence-electron chi connectivity index (χ2n) is 7.11. The van der Waals surface area contributed by atoms with Gasteiger partial charge in [-0.3, -0.25) is 0 Å². The van der Waals surface area contributed by atoms with Crippen LogP contribution < -0.4 is 5.32 Å². The largest absolute Gasteiger partial charge is 0.374 e. The highest BCUT2D eigenvalue weighted by Crippen LogP contribution is 2.35. The molecule has 3 nitrogen and oxygen atoms in total. The topological polar surface area (TPSA) is 38.1 Å². The third-order valence-electron chi connectivity index (χ3n) is 5.05. The highest BCUT2D eigenvalue weighted by molar-refractivity contribution is 9.10. The molecule has 1 heterocycles. The number of rotatable bonds is 7. The summed E-state index contributed by atoms with van der Waals surface area (Å²) < 4.78 is 6.73. The number of aryl methyl sites for hydroxylation is 2. The van der Waals surface area contributed by atoms with Gasteiger partial charge in [-0.2, -0.15) is 0 Å². The van der Waals surface area contributed by atoms with Gasteiger partial charge in [0.1, 0.15) is 11.4 Å². The minimum Gasteiger partial charge on any atom is -0.374 e.